The molecular formula is C20H18ClN3O2. The second-order valence-corrected chi connectivity index (χ2v) is 6.47. The SMILES string of the molecule is CC(CC=O)N(C)C(=O)c1nc(-c2ccccc2Cl)c2ccccc2n1. The van der Waals surface area contributed by atoms with E-state index in [4.69, 9.17) is 11.6 Å². The predicted octanol–water partition coefficient (Wildman–Crippen LogP) is 4.00. The van der Waals surface area contributed by atoms with Crippen LogP contribution in [0.4, 0.5) is 0 Å². The molecule has 0 aliphatic rings. The molecule has 2 aromatic carbocycles. The van der Waals surface area contributed by atoms with Gasteiger partial charge in [-0.2, -0.15) is 0 Å². The maximum atomic E-state index is 12.8. The van der Waals surface area contributed by atoms with Crippen LogP contribution in [0.3, 0.4) is 0 Å². The fourth-order valence-corrected chi connectivity index (χ4v) is 2.91. The van der Waals surface area contributed by atoms with Crippen molar-refractivity contribution in [2.45, 2.75) is 19.4 Å². The number of halogens is 1. The Kier molecular flexibility index (Phi) is 5.28. The molecule has 0 aliphatic carbocycles. The number of rotatable bonds is 5. The Morgan fingerprint density at radius 1 is 1.15 bits per heavy atom. The van der Waals surface area contributed by atoms with Gasteiger partial charge in [-0.15, -0.1) is 0 Å². The second kappa shape index (κ2) is 7.62. The normalized spacial score (nSPS) is 12.0. The van der Waals surface area contributed by atoms with Gasteiger partial charge in [0.2, 0.25) is 5.82 Å². The van der Waals surface area contributed by atoms with Gasteiger partial charge in [-0.25, -0.2) is 9.97 Å². The van der Waals surface area contributed by atoms with E-state index in [1.54, 1.807) is 13.1 Å². The smallest absolute Gasteiger partial charge is 0.291 e. The van der Waals surface area contributed by atoms with Crippen LogP contribution in [0.5, 0.6) is 0 Å². The number of fused-ring (bicyclic) bond motifs is 1. The summed E-state index contributed by atoms with van der Waals surface area (Å²) >= 11 is 6.35. The standard InChI is InChI=1S/C20H18ClN3O2/c1-13(11-12-25)24(2)20(26)19-22-17-10-6-4-8-15(17)18(23-19)14-7-3-5-9-16(14)21/h3-10,12-13H,11H2,1-2H3. The largest absolute Gasteiger partial charge is 0.336 e. The highest BCUT2D eigenvalue weighted by atomic mass is 35.5. The van der Waals surface area contributed by atoms with E-state index in [1.807, 2.05) is 49.4 Å². The van der Waals surface area contributed by atoms with Crippen LogP contribution in [-0.2, 0) is 4.79 Å². The molecule has 0 N–H and O–H groups in total. The molecule has 6 heteroatoms. The summed E-state index contributed by atoms with van der Waals surface area (Å²) in [5.74, 6) is -0.253. The summed E-state index contributed by atoms with van der Waals surface area (Å²) in [7, 11) is 1.64. The van der Waals surface area contributed by atoms with Gasteiger partial charge in [-0.05, 0) is 19.1 Å². The van der Waals surface area contributed by atoms with Gasteiger partial charge in [0.25, 0.3) is 5.91 Å². The van der Waals surface area contributed by atoms with E-state index in [-0.39, 0.29) is 24.2 Å². The first-order valence-corrected chi connectivity index (χ1v) is 8.63. The molecule has 132 valence electrons. The van der Waals surface area contributed by atoms with E-state index in [0.717, 1.165) is 17.2 Å². The highest BCUT2D eigenvalue weighted by Gasteiger charge is 2.22. The number of para-hydroxylation sites is 1. The maximum Gasteiger partial charge on any atom is 0.291 e. The number of hydrogen-bond acceptors (Lipinski definition) is 4. The summed E-state index contributed by atoms with van der Waals surface area (Å²) in [6.45, 7) is 1.81. The van der Waals surface area contributed by atoms with Gasteiger partial charge in [-0.3, -0.25) is 4.79 Å². The van der Waals surface area contributed by atoms with E-state index in [2.05, 4.69) is 9.97 Å². The average molecular weight is 368 g/mol. The van der Waals surface area contributed by atoms with Gasteiger partial charge in [0.1, 0.15) is 6.29 Å². The Morgan fingerprint density at radius 3 is 2.58 bits per heavy atom. The van der Waals surface area contributed by atoms with E-state index >= 15 is 0 Å². The lowest BCUT2D eigenvalue weighted by atomic mass is 10.1. The van der Waals surface area contributed by atoms with Gasteiger partial charge in [0.15, 0.2) is 0 Å². The first-order chi connectivity index (χ1) is 12.5. The highest BCUT2D eigenvalue weighted by molar-refractivity contribution is 6.33. The Bertz CT molecular complexity index is 974. The molecule has 3 aromatic rings. The summed E-state index contributed by atoms with van der Waals surface area (Å²) in [5.41, 5.74) is 2.02. The summed E-state index contributed by atoms with van der Waals surface area (Å²) in [4.78, 5) is 34.0. The number of carbonyl (C=O) groups is 2. The third kappa shape index (κ3) is 3.44. The van der Waals surface area contributed by atoms with Gasteiger partial charge in [-0.1, -0.05) is 48.0 Å². The number of aromatic nitrogens is 2. The number of amides is 1. The molecule has 3 rings (SSSR count). The fourth-order valence-electron chi connectivity index (χ4n) is 2.69. The molecule has 5 nitrogen and oxygen atoms in total. The molecule has 0 aliphatic heterocycles. The third-order valence-corrected chi connectivity index (χ3v) is 4.67. The molecule has 0 spiro atoms. The maximum absolute atomic E-state index is 12.8. The van der Waals surface area contributed by atoms with Crippen LogP contribution in [-0.4, -0.2) is 40.2 Å². The van der Waals surface area contributed by atoms with Crippen molar-refractivity contribution in [1.29, 1.82) is 0 Å². The van der Waals surface area contributed by atoms with E-state index in [9.17, 15) is 9.59 Å². The molecule has 0 fully saturated rings. The van der Waals surface area contributed by atoms with E-state index in [0.29, 0.717) is 16.2 Å². The van der Waals surface area contributed by atoms with Crippen molar-refractivity contribution in [3.05, 3.63) is 59.4 Å². The number of aldehydes is 1. The van der Waals surface area contributed by atoms with Crippen LogP contribution < -0.4 is 0 Å². The Balaban J connectivity index is 2.15. The van der Waals surface area contributed by atoms with Crippen LogP contribution >= 0.6 is 11.6 Å². The van der Waals surface area contributed by atoms with Crippen LogP contribution in [0.2, 0.25) is 5.02 Å². The van der Waals surface area contributed by atoms with Crippen molar-refractivity contribution in [2.24, 2.45) is 0 Å². The third-order valence-electron chi connectivity index (χ3n) is 4.34. The zero-order chi connectivity index (χ0) is 18.7. The topological polar surface area (TPSA) is 63.2 Å². The lowest BCUT2D eigenvalue weighted by Crippen LogP contribution is -2.36. The van der Waals surface area contributed by atoms with Crippen LogP contribution in [0.25, 0.3) is 22.2 Å². The van der Waals surface area contributed by atoms with Crippen molar-refractivity contribution >= 4 is 34.7 Å². The molecule has 0 bridgehead atoms. The minimum atomic E-state index is -0.335. The summed E-state index contributed by atoms with van der Waals surface area (Å²) in [5, 5.41) is 1.37. The lowest BCUT2D eigenvalue weighted by molar-refractivity contribution is -0.108. The average Bonchev–Trinajstić information content (AvgIpc) is 2.66. The van der Waals surface area contributed by atoms with Gasteiger partial charge in [0.05, 0.1) is 11.2 Å². The molecule has 0 saturated carbocycles. The van der Waals surface area contributed by atoms with Crippen molar-refractivity contribution in [1.82, 2.24) is 14.9 Å². The van der Waals surface area contributed by atoms with E-state index < -0.39 is 0 Å². The summed E-state index contributed by atoms with van der Waals surface area (Å²) in [6.07, 6.45) is 1.05. The molecular weight excluding hydrogens is 350 g/mol. The minimum absolute atomic E-state index is 0.0823. The molecule has 0 radical (unpaired) electrons. The number of nitrogens with zero attached hydrogens (tertiary/aromatic N) is 3. The quantitative estimate of drug-likeness (QED) is 0.639. The molecule has 0 saturated heterocycles. The summed E-state index contributed by atoms with van der Waals surface area (Å²) in [6, 6.07) is 14.6. The Morgan fingerprint density at radius 2 is 1.85 bits per heavy atom. The number of carbonyl (C=O) groups excluding carboxylic acids is 2. The molecule has 1 heterocycles. The predicted molar refractivity (Wildman–Crippen MR) is 102 cm³/mol. The molecule has 26 heavy (non-hydrogen) atoms. The van der Waals surface area contributed by atoms with Gasteiger partial charge in [0, 0.05) is 35.5 Å². The zero-order valence-electron chi connectivity index (χ0n) is 14.5. The Hall–Kier alpha value is -2.79. The van der Waals surface area contributed by atoms with Crippen molar-refractivity contribution in [3.63, 3.8) is 0 Å². The number of benzene rings is 2. The van der Waals surface area contributed by atoms with Gasteiger partial charge >= 0.3 is 0 Å². The lowest BCUT2D eigenvalue weighted by Gasteiger charge is -2.22. The summed E-state index contributed by atoms with van der Waals surface area (Å²) < 4.78 is 0. The molecule has 1 aromatic heterocycles. The highest BCUT2D eigenvalue weighted by Crippen LogP contribution is 2.31. The van der Waals surface area contributed by atoms with Crippen molar-refractivity contribution in [3.8, 4) is 11.3 Å². The molecule has 1 unspecified atom stereocenters. The molecule has 1 amide bonds. The zero-order valence-corrected chi connectivity index (χ0v) is 15.3. The van der Waals surface area contributed by atoms with Crippen LogP contribution in [0.15, 0.2) is 48.5 Å². The number of hydrogen-bond donors (Lipinski definition) is 0. The van der Waals surface area contributed by atoms with E-state index in [1.165, 1.54) is 4.90 Å². The Labute approximate surface area is 156 Å². The molecule has 1 atom stereocenters. The van der Waals surface area contributed by atoms with Crippen molar-refractivity contribution < 1.29 is 9.59 Å². The van der Waals surface area contributed by atoms with Crippen molar-refractivity contribution in [2.75, 3.05) is 7.05 Å². The van der Waals surface area contributed by atoms with Gasteiger partial charge < -0.3 is 9.69 Å². The van der Waals surface area contributed by atoms with Crippen LogP contribution in [0.1, 0.15) is 24.0 Å². The monoisotopic (exact) mass is 367 g/mol. The first-order valence-electron chi connectivity index (χ1n) is 8.25. The first kappa shape index (κ1) is 18.0. The van der Waals surface area contributed by atoms with Crippen LogP contribution in [0, 0.1) is 0 Å². The second-order valence-electron chi connectivity index (χ2n) is 6.06. The minimum Gasteiger partial charge on any atom is -0.336 e. The fraction of sp³-hybridized carbons (Fsp3) is 0.200.